The Kier molecular flexibility index (Phi) is 8.00. The summed E-state index contributed by atoms with van der Waals surface area (Å²) >= 11 is 5.89. The number of rotatable bonds is 6. The minimum absolute atomic E-state index is 0.144. The maximum absolute atomic E-state index is 12.7. The van der Waals surface area contributed by atoms with Crippen LogP contribution >= 0.6 is 11.6 Å². The largest absolute Gasteiger partial charge is 0.484 e. The lowest BCUT2D eigenvalue weighted by Crippen LogP contribution is -2.50. The van der Waals surface area contributed by atoms with Crippen molar-refractivity contribution >= 4 is 29.3 Å². The van der Waals surface area contributed by atoms with Crippen molar-refractivity contribution in [3.8, 4) is 16.9 Å². The molecule has 3 amide bonds. The molecule has 4 rings (SSSR count). The number of ether oxygens (including phenoxy) is 1. The maximum atomic E-state index is 12.7. The first kappa shape index (κ1) is 24.3. The zero-order valence-electron chi connectivity index (χ0n) is 19.1. The topological polar surface area (TPSA) is 87.7 Å². The van der Waals surface area contributed by atoms with Crippen LogP contribution in [0, 0.1) is 5.92 Å². The van der Waals surface area contributed by atoms with E-state index < -0.39 is 11.8 Å². The third kappa shape index (κ3) is 6.61. The number of hydrogen-bond donors (Lipinski definition) is 2. The Morgan fingerprint density at radius 1 is 0.886 bits per heavy atom. The van der Waals surface area contributed by atoms with E-state index >= 15 is 0 Å². The van der Waals surface area contributed by atoms with Crippen molar-refractivity contribution in [3.05, 3.63) is 89.4 Å². The van der Waals surface area contributed by atoms with E-state index in [-0.39, 0.29) is 25.0 Å². The molecule has 0 radical (unpaired) electrons. The fourth-order valence-corrected chi connectivity index (χ4v) is 4.07. The normalized spacial score (nSPS) is 15.2. The molecule has 1 saturated heterocycles. The van der Waals surface area contributed by atoms with Crippen molar-refractivity contribution in [2.24, 2.45) is 5.92 Å². The molecule has 180 valence electrons. The lowest BCUT2D eigenvalue weighted by molar-refractivity contribution is -0.132. The molecule has 0 bridgehead atoms. The van der Waals surface area contributed by atoms with Gasteiger partial charge in [-0.15, -0.1) is 0 Å². The van der Waals surface area contributed by atoms with Crippen molar-refractivity contribution in [2.45, 2.75) is 12.8 Å². The quantitative estimate of drug-likeness (QED) is 0.508. The van der Waals surface area contributed by atoms with Crippen LogP contribution in [0.4, 0.5) is 0 Å². The average Bonchev–Trinajstić information content (AvgIpc) is 2.91. The Morgan fingerprint density at radius 3 is 2.29 bits per heavy atom. The second kappa shape index (κ2) is 11.5. The van der Waals surface area contributed by atoms with E-state index in [4.69, 9.17) is 16.3 Å². The van der Waals surface area contributed by atoms with Crippen LogP contribution in [-0.2, 0) is 9.59 Å². The fourth-order valence-electron chi connectivity index (χ4n) is 3.94. The number of halogens is 1. The number of carbonyl (C=O) groups excluding carboxylic acids is 3. The molecule has 0 aromatic heterocycles. The molecule has 1 fully saturated rings. The first-order valence-corrected chi connectivity index (χ1v) is 11.8. The summed E-state index contributed by atoms with van der Waals surface area (Å²) in [6.45, 7) is 0.624. The third-order valence-corrected chi connectivity index (χ3v) is 6.08. The van der Waals surface area contributed by atoms with Gasteiger partial charge in [-0.2, -0.15) is 0 Å². The predicted octanol–water partition coefficient (Wildman–Crippen LogP) is 4.09. The molecule has 7 nitrogen and oxygen atoms in total. The van der Waals surface area contributed by atoms with Gasteiger partial charge >= 0.3 is 0 Å². The number of likely N-dealkylation sites (tertiary alicyclic amines) is 1. The molecule has 2 N–H and O–H groups in total. The summed E-state index contributed by atoms with van der Waals surface area (Å²) in [5.41, 5.74) is 7.51. The highest BCUT2D eigenvalue weighted by molar-refractivity contribution is 6.30. The van der Waals surface area contributed by atoms with Gasteiger partial charge in [-0.05, 0) is 60.4 Å². The smallest absolute Gasteiger partial charge is 0.276 e. The van der Waals surface area contributed by atoms with E-state index in [0.29, 0.717) is 35.7 Å². The minimum Gasteiger partial charge on any atom is -0.484 e. The highest BCUT2D eigenvalue weighted by atomic mass is 35.5. The number of nitrogens with one attached hydrogen (secondary N) is 2. The third-order valence-electron chi connectivity index (χ3n) is 5.83. The molecule has 3 aromatic rings. The second-order valence-electron chi connectivity index (χ2n) is 8.31. The number of nitrogens with zero attached hydrogens (tertiary/aromatic N) is 1. The molecule has 0 saturated carbocycles. The molecule has 1 aliphatic heterocycles. The van der Waals surface area contributed by atoms with Crippen LogP contribution in [0.2, 0.25) is 5.02 Å². The molecule has 1 atom stereocenters. The Bertz CT molecular complexity index is 1170. The van der Waals surface area contributed by atoms with E-state index in [0.717, 1.165) is 11.1 Å². The van der Waals surface area contributed by atoms with Crippen molar-refractivity contribution < 1.29 is 19.1 Å². The first-order chi connectivity index (χ1) is 17.0. The van der Waals surface area contributed by atoms with Gasteiger partial charge in [0.25, 0.3) is 11.8 Å². The molecular weight excluding hydrogens is 466 g/mol. The number of carbonyl (C=O) groups is 3. The lowest BCUT2D eigenvalue weighted by Gasteiger charge is -2.32. The highest BCUT2D eigenvalue weighted by Crippen LogP contribution is 2.22. The molecule has 3 aromatic carbocycles. The SMILES string of the molecule is O=C(COc1ccc(-c2ccccc2)cc1)NNC(=O)[C@H]1CCCN(C(=O)c2ccc(Cl)cc2)C1. The molecule has 1 aliphatic rings. The molecular formula is C27H26ClN3O4. The van der Waals surface area contributed by atoms with Crippen molar-refractivity contribution in [3.63, 3.8) is 0 Å². The van der Waals surface area contributed by atoms with Gasteiger partial charge < -0.3 is 9.64 Å². The van der Waals surface area contributed by atoms with Crippen LogP contribution in [0.15, 0.2) is 78.9 Å². The monoisotopic (exact) mass is 491 g/mol. The second-order valence-corrected chi connectivity index (χ2v) is 8.75. The Morgan fingerprint density at radius 2 is 1.57 bits per heavy atom. The predicted molar refractivity (Wildman–Crippen MR) is 134 cm³/mol. The van der Waals surface area contributed by atoms with E-state index in [9.17, 15) is 14.4 Å². The summed E-state index contributed by atoms with van der Waals surface area (Å²) in [7, 11) is 0. The van der Waals surface area contributed by atoms with Crippen LogP contribution in [0.5, 0.6) is 5.75 Å². The summed E-state index contributed by atoms with van der Waals surface area (Å²) in [4.78, 5) is 39.1. The van der Waals surface area contributed by atoms with E-state index in [1.165, 1.54) is 0 Å². The Balaban J connectivity index is 1.22. The summed E-state index contributed by atoms with van der Waals surface area (Å²) in [5, 5.41) is 0.557. The van der Waals surface area contributed by atoms with Gasteiger partial charge in [0, 0.05) is 23.7 Å². The van der Waals surface area contributed by atoms with E-state index in [1.807, 2.05) is 42.5 Å². The molecule has 35 heavy (non-hydrogen) atoms. The standard InChI is InChI=1S/C27H26ClN3O4/c28-23-12-8-21(9-13-23)27(34)31-16-4-7-22(17-31)26(33)30-29-25(32)18-35-24-14-10-20(11-15-24)19-5-2-1-3-6-19/h1-3,5-6,8-15,22H,4,7,16-18H2,(H,29,32)(H,30,33)/t22-/m0/s1. The van der Waals surface area contributed by atoms with Gasteiger partial charge in [0.1, 0.15) is 5.75 Å². The number of hydrazine groups is 1. The first-order valence-electron chi connectivity index (χ1n) is 11.4. The fraction of sp³-hybridized carbons (Fsp3) is 0.222. The van der Waals surface area contributed by atoms with Gasteiger partial charge in [-0.25, -0.2) is 0 Å². The number of amides is 3. The van der Waals surface area contributed by atoms with Crippen molar-refractivity contribution in [1.29, 1.82) is 0 Å². The van der Waals surface area contributed by atoms with Crippen LogP contribution in [0.3, 0.4) is 0 Å². The lowest BCUT2D eigenvalue weighted by atomic mass is 9.96. The Hall–Kier alpha value is -3.84. The van der Waals surface area contributed by atoms with Crippen LogP contribution < -0.4 is 15.6 Å². The number of hydrogen-bond acceptors (Lipinski definition) is 4. The van der Waals surface area contributed by atoms with Crippen molar-refractivity contribution in [2.75, 3.05) is 19.7 Å². The average molecular weight is 492 g/mol. The summed E-state index contributed by atoms with van der Waals surface area (Å²) in [5.74, 6) is -0.814. The van der Waals surface area contributed by atoms with Gasteiger partial charge in [0.15, 0.2) is 6.61 Å². The van der Waals surface area contributed by atoms with Crippen LogP contribution in [0.25, 0.3) is 11.1 Å². The van der Waals surface area contributed by atoms with E-state index in [2.05, 4.69) is 10.9 Å². The van der Waals surface area contributed by atoms with Gasteiger partial charge in [-0.1, -0.05) is 54.1 Å². The zero-order valence-corrected chi connectivity index (χ0v) is 19.8. The van der Waals surface area contributed by atoms with Crippen LogP contribution in [-0.4, -0.2) is 42.3 Å². The maximum Gasteiger partial charge on any atom is 0.276 e. The minimum atomic E-state index is -0.476. The Labute approximate surface area is 209 Å². The molecule has 0 spiro atoms. The molecule has 0 aliphatic carbocycles. The van der Waals surface area contributed by atoms with E-state index in [1.54, 1.807) is 41.3 Å². The number of benzene rings is 3. The van der Waals surface area contributed by atoms with Crippen molar-refractivity contribution in [1.82, 2.24) is 15.8 Å². The molecule has 0 unspecified atom stereocenters. The highest BCUT2D eigenvalue weighted by Gasteiger charge is 2.29. The van der Waals surface area contributed by atoms with Crippen LogP contribution in [0.1, 0.15) is 23.2 Å². The van der Waals surface area contributed by atoms with Gasteiger partial charge in [-0.3, -0.25) is 25.2 Å². The summed E-state index contributed by atoms with van der Waals surface area (Å²) in [6.07, 6.45) is 1.34. The zero-order chi connectivity index (χ0) is 24.6. The van der Waals surface area contributed by atoms with Gasteiger partial charge in [0.05, 0.1) is 5.92 Å². The molecule has 1 heterocycles. The van der Waals surface area contributed by atoms with Gasteiger partial charge in [0.2, 0.25) is 5.91 Å². The summed E-state index contributed by atoms with van der Waals surface area (Å²) < 4.78 is 5.52. The number of piperidine rings is 1. The molecule has 8 heteroatoms. The summed E-state index contributed by atoms with van der Waals surface area (Å²) in [6, 6.07) is 24.0.